The minimum atomic E-state index is -0.179. The van der Waals surface area contributed by atoms with Crippen LogP contribution in [0.15, 0.2) is 41.0 Å². The Bertz CT molecular complexity index is 646. The Balaban J connectivity index is 1.30. The summed E-state index contributed by atoms with van der Waals surface area (Å²) in [4.78, 5) is 11.7. The molecule has 0 saturated heterocycles. The number of thioether (sulfide) groups is 1. The molecule has 0 saturated carbocycles. The maximum Gasteiger partial charge on any atom is 0.315 e. The highest BCUT2D eigenvalue weighted by Crippen LogP contribution is 2.32. The van der Waals surface area contributed by atoms with E-state index in [0.29, 0.717) is 13.1 Å². The summed E-state index contributed by atoms with van der Waals surface area (Å²) in [6, 6.07) is 9.27. The Labute approximate surface area is 138 Å². The van der Waals surface area contributed by atoms with Crippen molar-refractivity contribution in [3.8, 4) is 11.5 Å². The summed E-state index contributed by atoms with van der Waals surface area (Å²) in [5, 5.41) is 5.65. The SMILES string of the molecule is O=C(NCCSCc1ccco1)NCc1ccc2c(c1)OCO2. The van der Waals surface area contributed by atoms with Crippen molar-refractivity contribution in [3.63, 3.8) is 0 Å². The van der Waals surface area contributed by atoms with Crippen molar-refractivity contribution in [1.82, 2.24) is 10.6 Å². The third-order valence-corrected chi connectivity index (χ3v) is 4.23. The average Bonchev–Trinajstić information content (AvgIpc) is 3.23. The second kappa shape index (κ2) is 7.82. The molecule has 0 spiro atoms. The first-order chi connectivity index (χ1) is 11.3. The molecule has 2 amide bonds. The molecule has 0 atom stereocenters. The molecule has 0 bridgehead atoms. The first-order valence-corrected chi connectivity index (χ1v) is 8.47. The molecular formula is C16H18N2O4S. The Kier molecular flexibility index (Phi) is 5.31. The number of fused-ring (bicyclic) bond motifs is 1. The van der Waals surface area contributed by atoms with Gasteiger partial charge < -0.3 is 24.5 Å². The molecule has 1 aliphatic heterocycles. The van der Waals surface area contributed by atoms with E-state index in [4.69, 9.17) is 13.9 Å². The van der Waals surface area contributed by atoms with Crippen LogP contribution in [-0.4, -0.2) is 25.1 Å². The summed E-state index contributed by atoms with van der Waals surface area (Å²) in [7, 11) is 0. The fourth-order valence-corrected chi connectivity index (χ4v) is 2.86. The lowest BCUT2D eigenvalue weighted by Crippen LogP contribution is -2.36. The van der Waals surface area contributed by atoms with Crippen LogP contribution in [0.25, 0.3) is 0 Å². The number of ether oxygens (including phenoxy) is 2. The minimum Gasteiger partial charge on any atom is -0.468 e. The highest BCUT2D eigenvalue weighted by molar-refractivity contribution is 7.98. The number of carbonyl (C=O) groups is 1. The molecular weight excluding hydrogens is 316 g/mol. The number of carbonyl (C=O) groups excluding carboxylic acids is 1. The van der Waals surface area contributed by atoms with E-state index in [9.17, 15) is 4.79 Å². The van der Waals surface area contributed by atoms with Crippen molar-refractivity contribution in [2.75, 3.05) is 19.1 Å². The maximum atomic E-state index is 11.7. The molecule has 122 valence electrons. The van der Waals surface area contributed by atoms with Crippen molar-refractivity contribution < 1.29 is 18.7 Å². The summed E-state index contributed by atoms with van der Waals surface area (Å²) in [5.74, 6) is 4.05. The van der Waals surface area contributed by atoms with Crippen molar-refractivity contribution >= 4 is 17.8 Å². The Morgan fingerprint density at radius 2 is 2.09 bits per heavy atom. The molecule has 0 unspecified atom stereocenters. The second-order valence-electron chi connectivity index (χ2n) is 4.93. The van der Waals surface area contributed by atoms with Crippen molar-refractivity contribution in [2.24, 2.45) is 0 Å². The molecule has 1 aliphatic rings. The van der Waals surface area contributed by atoms with Crippen LogP contribution < -0.4 is 20.1 Å². The highest BCUT2D eigenvalue weighted by atomic mass is 32.2. The molecule has 1 aromatic carbocycles. The molecule has 0 radical (unpaired) electrons. The van der Waals surface area contributed by atoms with Crippen LogP contribution in [-0.2, 0) is 12.3 Å². The van der Waals surface area contributed by atoms with E-state index in [1.807, 2.05) is 30.3 Å². The van der Waals surface area contributed by atoms with E-state index in [1.165, 1.54) is 0 Å². The molecule has 6 nitrogen and oxygen atoms in total. The van der Waals surface area contributed by atoms with Gasteiger partial charge in [-0.1, -0.05) is 6.07 Å². The van der Waals surface area contributed by atoms with Gasteiger partial charge in [0, 0.05) is 18.8 Å². The van der Waals surface area contributed by atoms with Crippen molar-refractivity contribution in [1.29, 1.82) is 0 Å². The summed E-state index contributed by atoms with van der Waals surface area (Å²) in [5.41, 5.74) is 0.969. The number of benzene rings is 1. The zero-order valence-electron chi connectivity index (χ0n) is 12.5. The summed E-state index contributed by atoms with van der Waals surface area (Å²) in [6.45, 7) is 1.31. The third-order valence-electron chi connectivity index (χ3n) is 3.25. The maximum absolute atomic E-state index is 11.7. The van der Waals surface area contributed by atoms with E-state index >= 15 is 0 Å². The number of rotatable bonds is 7. The van der Waals surface area contributed by atoms with Crippen molar-refractivity contribution in [2.45, 2.75) is 12.3 Å². The van der Waals surface area contributed by atoms with E-state index in [-0.39, 0.29) is 12.8 Å². The topological polar surface area (TPSA) is 72.7 Å². The van der Waals surface area contributed by atoms with Gasteiger partial charge in [-0.3, -0.25) is 0 Å². The molecule has 2 heterocycles. The molecule has 0 aliphatic carbocycles. The van der Waals surface area contributed by atoms with Gasteiger partial charge in [-0.25, -0.2) is 4.79 Å². The van der Waals surface area contributed by atoms with Crippen LogP contribution in [0.2, 0.25) is 0 Å². The average molecular weight is 334 g/mol. The fraction of sp³-hybridized carbons (Fsp3) is 0.312. The van der Waals surface area contributed by atoms with Gasteiger partial charge in [0.1, 0.15) is 5.76 Å². The molecule has 2 aromatic rings. The van der Waals surface area contributed by atoms with Gasteiger partial charge in [0.25, 0.3) is 0 Å². The minimum absolute atomic E-state index is 0.179. The predicted octanol–water partition coefficient (Wildman–Crippen LogP) is 2.74. The summed E-state index contributed by atoms with van der Waals surface area (Å²) < 4.78 is 15.8. The van der Waals surface area contributed by atoms with Gasteiger partial charge in [0.05, 0.1) is 12.0 Å². The highest BCUT2D eigenvalue weighted by Gasteiger charge is 2.13. The quantitative estimate of drug-likeness (QED) is 0.762. The van der Waals surface area contributed by atoms with E-state index in [2.05, 4.69) is 10.6 Å². The zero-order valence-corrected chi connectivity index (χ0v) is 13.4. The van der Waals surface area contributed by atoms with Gasteiger partial charge in [0.2, 0.25) is 6.79 Å². The third kappa shape index (κ3) is 4.59. The Hall–Kier alpha value is -2.28. The van der Waals surface area contributed by atoms with Gasteiger partial charge >= 0.3 is 6.03 Å². The van der Waals surface area contributed by atoms with Gasteiger partial charge in [-0.2, -0.15) is 11.8 Å². The van der Waals surface area contributed by atoms with Crippen LogP contribution in [0.3, 0.4) is 0 Å². The molecule has 0 fully saturated rings. The number of hydrogen-bond acceptors (Lipinski definition) is 5. The largest absolute Gasteiger partial charge is 0.468 e. The molecule has 2 N–H and O–H groups in total. The monoisotopic (exact) mass is 334 g/mol. The number of furan rings is 1. The number of urea groups is 1. The zero-order chi connectivity index (χ0) is 15.9. The molecule has 1 aromatic heterocycles. The lowest BCUT2D eigenvalue weighted by molar-refractivity contribution is 0.174. The number of amides is 2. The number of nitrogens with one attached hydrogen (secondary N) is 2. The standard InChI is InChI=1S/C16H18N2O4S/c19-16(17-5-7-23-10-13-2-1-6-20-13)18-9-12-3-4-14-15(8-12)22-11-21-14/h1-4,6,8H,5,7,9-11H2,(H2,17,18,19). The summed E-state index contributed by atoms with van der Waals surface area (Å²) >= 11 is 1.71. The molecule has 7 heteroatoms. The van der Waals surface area contributed by atoms with Crippen molar-refractivity contribution in [3.05, 3.63) is 47.9 Å². The van der Waals surface area contributed by atoms with Gasteiger partial charge in [-0.15, -0.1) is 0 Å². The van der Waals surface area contributed by atoms with Gasteiger partial charge in [0.15, 0.2) is 11.5 Å². The van der Waals surface area contributed by atoms with Crippen LogP contribution in [0.5, 0.6) is 11.5 Å². The lowest BCUT2D eigenvalue weighted by atomic mass is 10.2. The second-order valence-corrected chi connectivity index (χ2v) is 6.03. The first-order valence-electron chi connectivity index (χ1n) is 7.31. The molecule has 23 heavy (non-hydrogen) atoms. The normalized spacial score (nSPS) is 12.2. The van der Waals surface area contributed by atoms with E-state index in [0.717, 1.165) is 34.3 Å². The Morgan fingerprint density at radius 1 is 1.17 bits per heavy atom. The van der Waals surface area contributed by atoms with Crippen LogP contribution in [0, 0.1) is 0 Å². The molecule has 3 rings (SSSR count). The fourth-order valence-electron chi connectivity index (χ4n) is 2.10. The predicted molar refractivity (Wildman–Crippen MR) is 87.7 cm³/mol. The van der Waals surface area contributed by atoms with E-state index < -0.39 is 0 Å². The number of hydrogen-bond donors (Lipinski definition) is 2. The smallest absolute Gasteiger partial charge is 0.315 e. The van der Waals surface area contributed by atoms with Crippen LogP contribution in [0.1, 0.15) is 11.3 Å². The van der Waals surface area contributed by atoms with Crippen LogP contribution in [0.4, 0.5) is 4.79 Å². The summed E-state index contributed by atoms with van der Waals surface area (Å²) in [6.07, 6.45) is 1.66. The lowest BCUT2D eigenvalue weighted by Gasteiger charge is -2.08. The van der Waals surface area contributed by atoms with Gasteiger partial charge in [-0.05, 0) is 29.8 Å². The Morgan fingerprint density at radius 3 is 2.96 bits per heavy atom. The van der Waals surface area contributed by atoms with E-state index in [1.54, 1.807) is 18.0 Å². The first kappa shape index (κ1) is 15.6. The van der Waals surface area contributed by atoms with Crippen LogP contribution >= 0.6 is 11.8 Å².